The summed E-state index contributed by atoms with van der Waals surface area (Å²) in [5.41, 5.74) is 7.23. The zero-order chi connectivity index (χ0) is 23.0. The summed E-state index contributed by atoms with van der Waals surface area (Å²) in [6.45, 7) is 6.72. The molecule has 36 heavy (non-hydrogen) atoms. The van der Waals surface area contributed by atoms with Crippen LogP contribution in [0.15, 0.2) is 79.9 Å². The number of hydrogen-bond donors (Lipinski definition) is 0. The summed E-state index contributed by atoms with van der Waals surface area (Å²) in [6, 6.07) is 19.3. The fraction of sp³-hybridized carbons (Fsp3) is 0.375. The van der Waals surface area contributed by atoms with Crippen LogP contribution in [-0.2, 0) is 26.5 Å². The summed E-state index contributed by atoms with van der Waals surface area (Å²) >= 11 is 0. The number of benzene rings is 2. The van der Waals surface area contributed by atoms with E-state index in [0.29, 0.717) is 0 Å². The van der Waals surface area contributed by atoms with Crippen molar-refractivity contribution in [1.82, 2.24) is 0 Å². The number of fused-ring (bicyclic) bond motifs is 3. The number of allylic oxidation sites excluding steroid dienone is 2. The van der Waals surface area contributed by atoms with Gasteiger partial charge in [0.1, 0.15) is 0 Å². The first-order chi connectivity index (χ1) is 15.7. The van der Waals surface area contributed by atoms with E-state index in [9.17, 15) is 4.79 Å². The van der Waals surface area contributed by atoms with E-state index in [0.717, 1.165) is 25.7 Å². The number of carbonyl (C=O) groups is 1. The zero-order valence-corrected chi connectivity index (χ0v) is 25.1. The van der Waals surface area contributed by atoms with Crippen LogP contribution >= 0.6 is 0 Å². The van der Waals surface area contributed by atoms with Gasteiger partial charge in [-0.1, -0.05) is 119 Å². The Morgan fingerprint density at radius 2 is 1.06 bits per heavy atom. The zero-order valence-electron chi connectivity index (χ0n) is 22.5. The number of rotatable bonds is 2. The number of amides is 1. The van der Waals surface area contributed by atoms with Gasteiger partial charge in [-0.15, -0.1) is 39.7 Å². The van der Waals surface area contributed by atoms with Crippen LogP contribution in [0.25, 0.3) is 27.3 Å². The number of hydrogen-bond acceptors (Lipinski definition) is 1. The Balaban J connectivity index is -0.000000482. The number of nitrogens with one attached hydrogen (secondary N) is 1. The molecule has 0 spiro atoms. The minimum Gasteiger partial charge on any atom is -0.668 e. The molecule has 1 fully saturated rings. The van der Waals surface area contributed by atoms with Crippen LogP contribution in [0.2, 0.25) is 0 Å². The third kappa shape index (κ3) is 14.1. The van der Waals surface area contributed by atoms with Crippen LogP contribution in [0.1, 0.15) is 70.6 Å². The van der Waals surface area contributed by atoms with E-state index in [1.54, 1.807) is 12.2 Å². The monoisotopic (exact) mass is 535 g/mol. The molecule has 192 valence electrons. The molecule has 1 amide bonds. The van der Waals surface area contributed by atoms with Crippen LogP contribution in [0, 0.1) is 20.8 Å². The fourth-order valence-electron chi connectivity index (χ4n) is 4.33. The quantitative estimate of drug-likeness (QED) is 0.183. The van der Waals surface area contributed by atoms with Gasteiger partial charge in [-0.3, -0.25) is 0 Å². The van der Waals surface area contributed by atoms with Gasteiger partial charge in [0.2, 0.25) is 0 Å². The third-order valence-electron chi connectivity index (χ3n) is 6.17. The maximum absolute atomic E-state index is 11.1. The molecule has 0 aliphatic heterocycles. The smallest absolute Gasteiger partial charge is 0.668 e. The van der Waals surface area contributed by atoms with E-state index in [-0.39, 0.29) is 59.4 Å². The molecule has 0 atom stereocenters. The van der Waals surface area contributed by atoms with Crippen molar-refractivity contribution in [3.63, 3.8) is 0 Å². The summed E-state index contributed by atoms with van der Waals surface area (Å²) in [4.78, 5) is 11.1. The Kier molecular flexibility index (Phi) is 25.4. The van der Waals surface area contributed by atoms with Crippen molar-refractivity contribution >= 4 is 38.4 Å². The van der Waals surface area contributed by atoms with E-state index >= 15 is 0 Å². The minimum absolute atomic E-state index is 0. The molecule has 3 aromatic carbocycles. The Morgan fingerprint density at radius 3 is 1.39 bits per heavy atom. The second-order valence-electron chi connectivity index (χ2n) is 8.61. The molecule has 4 rings (SSSR count). The Morgan fingerprint density at radius 1 is 0.722 bits per heavy atom. The molecule has 4 radical (unpaired) electrons. The molecular formula is C32H45NOSiTi. The van der Waals surface area contributed by atoms with Crippen LogP contribution in [0.3, 0.4) is 0 Å². The van der Waals surface area contributed by atoms with Gasteiger partial charge in [0.25, 0.3) is 0 Å². The van der Waals surface area contributed by atoms with Crippen molar-refractivity contribution in [2.75, 3.05) is 0 Å². The second-order valence-corrected chi connectivity index (χ2v) is 8.61. The van der Waals surface area contributed by atoms with Crippen LogP contribution in [-0.4, -0.2) is 16.9 Å². The van der Waals surface area contributed by atoms with Crippen molar-refractivity contribution in [1.29, 1.82) is 0 Å². The largest absolute Gasteiger partial charge is 4.00 e. The van der Waals surface area contributed by atoms with Gasteiger partial charge in [-0.05, 0) is 12.8 Å². The first kappa shape index (κ1) is 38.7. The standard InChI is InChI=1S/C13H25NO.C13H9.C4H6.2CH3.Si.Ti/c14-13(15)12-10-8-6-4-2-1-3-5-7-9-11-12;1-3-7-12-10(5-1)9-11-6-2-4-8-13(11)12;1-3-4-2;;;;/h12H,1-11H2,(H2,14,15);1-9H;3-4H,1-2H2;2*1H3;;/q;-1;;2*-1;;+4/p-1. The summed E-state index contributed by atoms with van der Waals surface area (Å²) < 4.78 is 0. The first-order valence-corrected chi connectivity index (χ1v) is 12.2. The first-order valence-electron chi connectivity index (χ1n) is 12.2. The van der Waals surface area contributed by atoms with Crippen LogP contribution in [0.5, 0.6) is 0 Å². The second kappa shape index (κ2) is 23.6. The molecule has 0 bridgehead atoms. The summed E-state index contributed by atoms with van der Waals surface area (Å²) in [6.07, 6.45) is 16.8. The fourth-order valence-corrected chi connectivity index (χ4v) is 4.33. The molecule has 0 aromatic heterocycles. The average Bonchev–Trinajstić information content (AvgIpc) is 3.19. The SMILES string of the molecule is C=CC=C.[CH3-].[CH3-].[NH-]C(=O)C1CCCCCCCCCCC1.[Si].[Ti+4].c1ccc2c(c1)[cH-]c1ccccc12. The van der Waals surface area contributed by atoms with E-state index in [2.05, 4.69) is 67.8 Å². The van der Waals surface area contributed by atoms with Crippen molar-refractivity contribution in [2.24, 2.45) is 5.92 Å². The molecule has 1 aliphatic carbocycles. The van der Waals surface area contributed by atoms with Crippen molar-refractivity contribution in [3.8, 4) is 0 Å². The maximum atomic E-state index is 11.1. The normalized spacial score (nSPS) is 14.0. The van der Waals surface area contributed by atoms with Crippen molar-refractivity contribution in [3.05, 3.63) is 100 Å². The van der Waals surface area contributed by atoms with Gasteiger partial charge in [-0.25, -0.2) is 0 Å². The van der Waals surface area contributed by atoms with E-state index in [1.165, 1.54) is 66.5 Å². The van der Waals surface area contributed by atoms with Crippen molar-refractivity contribution in [2.45, 2.75) is 70.6 Å². The molecule has 0 saturated heterocycles. The summed E-state index contributed by atoms with van der Waals surface area (Å²) in [5, 5.41) is 5.39. The summed E-state index contributed by atoms with van der Waals surface area (Å²) in [7, 11) is 0. The molecule has 1 N–H and O–H groups in total. The molecule has 2 nitrogen and oxygen atoms in total. The molecule has 1 saturated carbocycles. The molecule has 0 unspecified atom stereocenters. The average molecular weight is 536 g/mol. The van der Waals surface area contributed by atoms with E-state index in [4.69, 9.17) is 5.73 Å². The predicted octanol–water partition coefficient (Wildman–Crippen LogP) is 10.1. The summed E-state index contributed by atoms with van der Waals surface area (Å²) in [5.74, 6) is -0.281. The number of carbonyl (C=O) groups excluding carboxylic acids is 1. The van der Waals surface area contributed by atoms with Gasteiger partial charge in [0.15, 0.2) is 0 Å². The Bertz CT molecular complexity index is 897. The Hall–Kier alpha value is -1.81. The van der Waals surface area contributed by atoms with Gasteiger partial charge in [-0.2, -0.15) is 0 Å². The van der Waals surface area contributed by atoms with Gasteiger partial charge in [0, 0.05) is 16.9 Å². The van der Waals surface area contributed by atoms with Crippen LogP contribution in [0.4, 0.5) is 0 Å². The molecule has 3 aromatic rings. The van der Waals surface area contributed by atoms with Gasteiger partial charge < -0.3 is 25.4 Å². The predicted molar refractivity (Wildman–Crippen MR) is 160 cm³/mol. The van der Waals surface area contributed by atoms with Crippen LogP contribution < -0.4 is 0 Å². The van der Waals surface area contributed by atoms with E-state index in [1.807, 2.05) is 0 Å². The molecule has 4 heteroatoms. The van der Waals surface area contributed by atoms with Crippen molar-refractivity contribution < 1.29 is 26.5 Å². The van der Waals surface area contributed by atoms with Gasteiger partial charge in [0.05, 0.1) is 5.91 Å². The van der Waals surface area contributed by atoms with Gasteiger partial charge >= 0.3 is 21.7 Å². The maximum Gasteiger partial charge on any atom is 4.00 e. The third-order valence-corrected chi connectivity index (χ3v) is 6.17. The van der Waals surface area contributed by atoms with E-state index < -0.39 is 0 Å². The molecule has 0 heterocycles. The molecular weight excluding hydrogens is 490 g/mol. The molecule has 1 aliphatic rings. The topological polar surface area (TPSA) is 40.9 Å². The Labute approximate surface area is 241 Å². The minimum atomic E-state index is -0.327.